The van der Waals surface area contributed by atoms with Gasteiger partial charge in [-0.2, -0.15) is 10.4 Å². The predicted molar refractivity (Wildman–Crippen MR) is 65.4 cm³/mol. The number of hydrogen-bond acceptors (Lipinski definition) is 5. The van der Waals surface area contributed by atoms with Gasteiger partial charge in [-0.1, -0.05) is 0 Å². The van der Waals surface area contributed by atoms with Gasteiger partial charge >= 0.3 is 0 Å². The lowest BCUT2D eigenvalue weighted by molar-refractivity contribution is 0.394. The minimum absolute atomic E-state index is 0.605. The first-order valence-electron chi connectivity index (χ1n) is 6.02. The Morgan fingerprint density at radius 2 is 2.47 bits per heavy atom. The van der Waals surface area contributed by atoms with Crippen molar-refractivity contribution in [2.24, 2.45) is 11.7 Å². The second-order valence-corrected chi connectivity index (χ2v) is 4.41. The number of nitrogens with zero attached hydrogens (tertiary/aromatic N) is 4. The van der Waals surface area contributed by atoms with Gasteiger partial charge in [0.25, 0.3) is 0 Å². The highest BCUT2D eigenvalue weighted by molar-refractivity contribution is 5.52. The summed E-state index contributed by atoms with van der Waals surface area (Å²) >= 11 is 0. The molecule has 0 amide bonds. The summed E-state index contributed by atoms with van der Waals surface area (Å²) in [6.45, 7) is 2.61. The summed E-state index contributed by atoms with van der Waals surface area (Å²) in [5.41, 5.74) is 6.21. The number of hydrogen-bond donors (Lipinski definition) is 1. The van der Waals surface area contributed by atoms with E-state index in [4.69, 9.17) is 11.0 Å². The fourth-order valence-electron chi connectivity index (χ4n) is 2.37. The molecule has 1 atom stereocenters. The van der Waals surface area contributed by atoms with Gasteiger partial charge in [0.05, 0.1) is 11.8 Å². The third-order valence-electron chi connectivity index (χ3n) is 3.22. The van der Waals surface area contributed by atoms with Gasteiger partial charge in [0, 0.05) is 13.1 Å². The van der Waals surface area contributed by atoms with Gasteiger partial charge in [0.15, 0.2) is 5.82 Å². The minimum atomic E-state index is 0.605. The lowest BCUT2D eigenvalue weighted by Gasteiger charge is -2.33. The van der Waals surface area contributed by atoms with Gasteiger partial charge in [0.1, 0.15) is 6.07 Å². The molecule has 2 N–H and O–H groups in total. The molecule has 0 spiro atoms. The maximum absolute atomic E-state index is 9.05. The Kier molecular flexibility index (Phi) is 3.89. The summed E-state index contributed by atoms with van der Waals surface area (Å²) in [5, 5.41) is 17.0. The zero-order chi connectivity index (χ0) is 12.1. The number of aromatic nitrogens is 2. The van der Waals surface area contributed by atoms with E-state index in [0.717, 1.165) is 38.3 Å². The molecule has 1 unspecified atom stereocenters. The van der Waals surface area contributed by atoms with Crippen LogP contribution in [0, 0.1) is 17.2 Å². The van der Waals surface area contributed by atoms with E-state index in [1.54, 1.807) is 12.3 Å². The average Bonchev–Trinajstić information content (AvgIpc) is 2.39. The maximum Gasteiger partial charge on any atom is 0.169 e. The summed E-state index contributed by atoms with van der Waals surface area (Å²) in [6, 6.07) is 3.89. The van der Waals surface area contributed by atoms with Crippen LogP contribution in [0.1, 0.15) is 24.8 Å². The van der Waals surface area contributed by atoms with E-state index in [9.17, 15) is 0 Å². The molecule has 0 radical (unpaired) electrons. The first-order chi connectivity index (χ1) is 8.35. The first-order valence-corrected chi connectivity index (χ1v) is 6.02. The molecule has 1 aromatic rings. The average molecular weight is 231 g/mol. The molecule has 1 aliphatic rings. The van der Waals surface area contributed by atoms with Crippen molar-refractivity contribution in [1.82, 2.24) is 10.2 Å². The van der Waals surface area contributed by atoms with Crippen LogP contribution in [0.4, 0.5) is 5.82 Å². The smallest absolute Gasteiger partial charge is 0.169 e. The fraction of sp³-hybridized carbons (Fsp3) is 0.583. The third kappa shape index (κ3) is 2.71. The van der Waals surface area contributed by atoms with Crippen molar-refractivity contribution in [3.63, 3.8) is 0 Å². The summed E-state index contributed by atoms with van der Waals surface area (Å²) in [6.07, 6.45) is 4.95. The Morgan fingerprint density at radius 3 is 3.24 bits per heavy atom. The molecule has 0 aromatic carbocycles. The van der Waals surface area contributed by atoms with Crippen molar-refractivity contribution >= 4 is 5.82 Å². The van der Waals surface area contributed by atoms with Gasteiger partial charge in [-0.15, -0.1) is 5.10 Å². The van der Waals surface area contributed by atoms with Gasteiger partial charge < -0.3 is 10.6 Å². The highest BCUT2D eigenvalue weighted by Crippen LogP contribution is 2.24. The maximum atomic E-state index is 9.05. The Bertz CT molecular complexity index is 410. The Balaban J connectivity index is 2.14. The van der Waals surface area contributed by atoms with Gasteiger partial charge in [-0.05, 0) is 37.8 Å². The number of nitriles is 1. The molecule has 5 heteroatoms. The molecule has 2 heterocycles. The standard InChI is InChI=1S/C12H17N5/c13-5-3-10-2-1-7-17(9-10)12-11(8-14)4-6-15-16-12/h4,6,10H,1-3,5,7,9,13H2. The Morgan fingerprint density at radius 1 is 1.59 bits per heavy atom. The van der Waals surface area contributed by atoms with Crippen LogP contribution < -0.4 is 10.6 Å². The van der Waals surface area contributed by atoms with E-state index >= 15 is 0 Å². The van der Waals surface area contributed by atoms with Crippen LogP contribution in [0.5, 0.6) is 0 Å². The van der Waals surface area contributed by atoms with Crippen molar-refractivity contribution in [1.29, 1.82) is 5.26 Å². The van der Waals surface area contributed by atoms with Crippen LogP contribution in [-0.2, 0) is 0 Å². The molecular formula is C12H17N5. The van der Waals surface area contributed by atoms with Crippen LogP contribution in [0.15, 0.2) is 12.3 Å². The normalized spacial score (nSPS) is 20.0. The molecule has 2 rings (SSSR count). The molecule has 0 aliphatic carbocycles. The Hall–Kier alpha value is -1.67. The van der Waals surface area contributed by atoms with E-state index in [1.165, 1.54) is 6.42 Å². The van der Waals surface area contributed by atoms with E-state index in [2.05, 4.69) is 21.2 Å². The monoisotopic (exact) mass is 231 g/mol. The predicted octanol–water partition coefficient (Wildman–Crippen LogP) is 0.913. The molecule has 1 saturated heterocycles. The molecule has 0 bridgehead atoms. The summed E-state index contributed by atoms with van der Waals surface area (Å²) < 4.78 is 0. The number of anilines is 1. The summed E-state index contributed by atoms with van der Waals surface area (Å²) in [5.74, 6) is 1.33. The topological polar surface area (TPSA) is 78.8 Å². The van der Waals surface area contributed by atoms with Crippen LogP contribution in [-0.4, -0.2) is 29.8 Å². The summed E-state index contributed by atoms with van der Waals surface area (Å²) in [4.78, 5) is 2.16. The highest BCUT2D eigenvalue weighted by atomic mass is 15.3. The lowest BCUT2D eigenvalue weighted by Crippen LogP contribution is -2.37. The van der Waals surface area contributed by atoms with Crippen LogP contribution in [0.2, 0.25) is 0 Å². The molecule has 1 fully saturated rings. The zero-order valence-electron chi connectivity index (χ0n) is 9.84. The summed E-state index contributed by atoms with van der Waals surface area (Å²) in [7, 11) is 0. The molecule has 0 saturated carbocycles. The number of nitrogens with two attached hydrogens (primary N) is 1. The van der Waals surface area contributed by atoms with Crippen LogP contribution >= 0.6 is 0 Å². The number of piperidine rings is 1. The van der Waals surface area contributed by atoms with Gasteiger partial charge in [-0.3, -0.25) is 0 Å². The molecular weight excluding hydrogens is 214 g/mol. The highest BCUT2D eigenvalue weighted by Gasteiger charge is 2.22. The second kappa shape index (κ2) is 5.60. The van der Waals surface area contributed by atoms with Crippen LogP contribution in [0.25, 0.3) is 0 Å². The van der Waals surface area contributed by atoms with Crippen molar-refractivity contribution in [2.45, 2.75) is 19.3 Å². The second-order valence-electron chi connectivity index (χ2n) is 4.41. The van der Waals surface area contributed by atoms with Crippen molar-refractivity contribution in [3.05, 3.63) is 17.8 Å². The Labute approximate surface area is 101 Å². The van der Waals surface area contributed by atoms with Gasteiger partial charge in [0.2, 0.25) is 0 Å². The van der Waals surface area contributed by atoms with E-state index in [-0.39, 0.29) is 0 Å². The quantitative estimate of drug-likeness (QED) is 0.836. The molecule has 90 valence electrons. The largest absolute Gasteiger partial charge is 0.354 e. The van der Waals surface area contributed by atoms with Crippen molar-refractivity contribution < 1.29 is 0 Å². The van der Waals surface area contributed by atoms with E-state index in [1.807, 2.05) is 0 Å². The zero-order valence-corrected chi connectivity index (χ0v) is 9.84. The SMILES string of the molecule is N#Cc1ccnnc1N1CCCC(CCN)C1. The van der Waals surface area contributed by atoms with Crippen LogP contribution in [0.3, 0.4) is 0 Å². The van der Waals surface area contributed by atoms with Crippen molar-refractivity contribution in [3.8, 4) is 6.07 Å². The van der Waals surface area contributed by atoms with Gasteiger partial charge in [-0.25, -0.2) is 0 Å². The number of rotatable bonds is 3. The molecule has 17 heavy (non-hydrogen) atoms. The van der Waals surface area contributed by atoms with E-state index < -0.39 is 0 Å². The lowest BCUT2D eigenvalue weighted by atomic mass is 9.94. The van der Waals surface area contributed by atoms with Crippen molar-refractivity contribution in [2.75, 3.05) is 24.5 Å². The molecule has 1 aliphatic heterocycles. The molecule has 1 aromatic heterocycles. The minimum Gasteiger partial charge on any atom is -0.354 e. The molecule has 5 nitrogen and oxygen atoms in total. The van der Waals surface area contributed by atoms with E-state index in [0.29, 0.717) is 11.5 Å². The fourth-order valence-corrected chi connectivity index (χ4v) is 2.37. The third-order valence-corrected chi connectivity index (χ3v) is 3.22. The first kappa shape index (κ1) is 11.8.